The molecule has 0 aliphatic rings. The van der Waals surface area contributed by atoms with Crippen LogP contribution in [0.4, 0.5) is 5.95 Å². The van der Waals surface area contributed by atoms with Crippen molar-refractivity contribution < 1.29 is 4.79 Å². The number of carbonyl (C=O) groups excluding carboxylic acids is 1. The predicted octanol–water partition coefficient (Wildman–Crippen LogP) is 1.43. The van der Waals surface area contributed by atoms with Crippen LogP contribution in [0.25, 0.3) is 11.0 Å². The van der Waals surface area contributed by atoms with Crippen LogP contribution >= 0.6 is 0 Å². The molecule has 7 nitrogen and oxygen atoms in total. The van der Waals surface area contributed by atoms with Gasteiger partial charge in [-0.15, -0.1) is 0 Å². The maximum absolute atomic E-state index is 12.0. The molecule has 0 aliphatic heterocycles. The molecule has 0 atom stereocenters. The molecule has 0 saturated carbocycles. The number of aromatic nitrogens is 5. The topological polar surface area (TPSA) is 88.5 Å². The molecule has 3 aromatic heterocycles. The third kappa shape index (κ3) is 2.17. The Labute approximate surface area is 108 Å². The minimum atomic E-state index is -0.292. The van der Waals surface area contributed by atoms with Crippen molar-refractivity contribution >= 4 is 22.9 Å². The van der Waals surface area contributed by atoms with E-state index in [2.05, 4.69) is 25.4 Å². The molecule has 0 spiro atoms. The number of anilines is 1. The molecule has 3 aromatic rings. The van der Waals surface area contributed by atoms with E-state index in [0.717, 1.165) is 17.6 Å². The Balaban J connectivity index is 1.82. The average molecular weight is 256 g/mol. The van der Waals surface area contributed by atoms with E-state index in [4.69, 9.17) is 0 Å². The molecule has 1 amide bonds. The highest BCUT2D eigenvalue weighted by atomic mass is 16.2. The zero-order valence-electron chi connectivity index (χ0n) is 10.3. The van der Waals surface area contributed by atoms with Gasteiger partial charge >= 0.3 is 0 Å². The molecule has 3 heterocycles. The second-order valence-electron chi connectivity index (χ2n) is 3.99. The molecule has 0 bridgehead atoms. The summed E-state index contributed by atoms with van der Waals surface area (Å²) in [6, 6.07) is 3.44. The maximum Gasteiger partial charge on any atom is 0.278 e. The van der Waals surface area contributed by atoms with Crippen LogP contribution in [0.15, 0.2) is 30.7 Å². The number of aryl methyl sites for hydroxylation is 1. The van der Waals surface area contributed by atoms with Gasteiger partial charge in [0.2, 0.25) is 5.95 Å². The minimum absolute atomic E-state index is 0.292. The van der Waals surface area contributed by atoms with Crippen LogP contribution in [-0.4, -0.2) is 30.6 Å². The van der Waals surface area contributed by atoms with E-state index in [1.807, 2.05) is 6.92 Å². The summed E-state index contributed by atoms with van der Waals surface area (Å²) < 4.78 is 1.69. The van der Waals surface area contributed by atoms with Gasteiger partial charge in [0.05, 0.1) is 17.2 Å². The number of rotatable bonds is 3. The van der Waals surface area contributed by atoms with Crippen LogP contribution in [-0.2, 0) is 6.54 Å². The van der Waals surface area contributed by atoms with Crippen LogP contribution in [0, 0.1) is 0 Å². The Morgan fingerprint density at radius 3 is 3.11 bits per heavy atom. The first-order valence-corrected chi connectivity index (χ1v) is 5.91. The summed E-state index contributed by atoms with van der Waals surface area (Å²) in [5.41, 5.74) is 1.89. The highest BCUT2D eigenvalue weighted by Crippen LogP contribution is 2.12. The van der Waals surface area contributed by atoms with E-state index in [-0.39, 0.29) is 5.91 Å². The average Bonchev–Trinajstić information content (AvgIpc) is 3.04. The first-order valence-electron chi connectivity index (χ1n) is 5.91. The molecule has 0 fully saturated rings. The van der Waals surface area contributed by atoms with Crippen molar-refractivity contribution in [3.63, 3.8) is 0 Å². The van der Waals surface area contributed by atoms with Gasteiger partial charge in [0, 0.05) is 18.9 Å². The minimum Gasteiger partial charge on any atom is -0.323 e. The van der Waals surface area contributed by atoms with Crippen LogP contribution in [0.2, 0.25) is 0 Å². The molecule has 0 aromatic carbocycles. The van der Waals surface area contributed by atoms with Gasteiger partial charge < -0.3 is 4.98 Å². The van der Waals surface area contributed by atoms with E-state index >= 15 is 0 Å². The van der Waals surface area contributed by atoms with Gasteiger partial charge in [-0.05, 0) is 19.1 Å². The van der Waals surface area contributed by atoms with E-state index in [1.165, 1.54) is 0 Å². The fraction of sp³-hybridized carbons (Fsp3) is 0.167. The second-order valence-corrected chi connectivity index (χ2v) is 3.99. The van der Waals surface area contributed by atoms with Crippen LogP contribution in [0.1, 0.15) is 17.4 Å². The van der Waals surface area contributed by atoms with Crippen molar-refractivity contribution in [1.29, 1.82) is 0 Å². The van der Waals surface area contributed by atoms with Crippen molar-refractivity contribution in [2.45, 2.75) is 13.5 Å². The molecule has 0 saturated heterocycles. The van der Waals surface area contributed by atoms with Gasteiger partial charge in [-0.25, -0.2) is 4.98 Å². The van der Waals surface area contributed by atoms with Crippen LogP contribution in [0.5, 0.6) is 0 Å². The summed E-state index contributed by atoms with van der Waals surface area (Å²) in [5, 5.41) is 6.81. The normalized spacial score (nSPS) is 10.8. The summed E-state index contributed by atoms with van der Waals surface area (Å²) in [7, 11) is 0. The fourth-order valence-corrected chi connectivity index (χ4v) is 1.75. The van der Waals surface area contributed by atoms with Crippen molar-refractivity contribution in [2.24, 2.45) is 0 Å². The predicted molar refractivity (Wildman–Crippen MR) is 69.7 cm³/mol. The molecule has 96 valence electrons. The second kappa shape index (κ2) is 4.52. The molecule has 0 unspecified atom stereocenters. The largest absolute Gasteiger partial charge is 0.323 e. The first-order chi connectivity index (χ1) is 9.26. The highest BCUT2D eigenvalue weighted by Gasteiger charge is 2.11. The number of pyridine rings is 1. The zero-order valence-corrected chi connectivity index (χ0v) is 10.3. The lowest BCUT2D eigenvalue weighted by Gasteiger charge is -1.97. The van der Waals surface area contributed by atoms with Crippen LogP contribution < -0.4 is 5.32 Å². The van der Waals surface area contributed by atoms with Gasteiger partial charge in [0.15, 0.2) is 5.69 Å². The van der Waals surface area contributed by atoms with Crippen molar-refractivity contribution in [1.82, 2.24) is 24.7 Å². The van der Waals surface area contributed by atoms with Gasteiger partial charge in [0.25, 0.3) is 5.91 Å². The fourth-order valence-electron chi connectivity index (χ4n) is 1.75. The van der Waals surface area contributed by atoms with E-state index in [1.54, 1.807) is 35.4 Å². The Bertz CT molecular complexity index is 695. The lowest BCUT2D eigenvalue weighted by atomic mass is 10.4. The number of imidazole rings is 1. The van der Waals surface area contributed by atoms with Gasteiger partial charge in [0.1, 0.15) is 0 Å². The van der Waals surface area contributed by atoms with Crippen molar-refractivity contribution in [3.8, 4) is 0 Å². The zero-order chi connectivity index (χ0) is 13.2. The number of aromatic amines is 1. The first kappa shape index (κ1) is 11.4. The van der Waals surface area contributed by atoms with Gasteiger partial charge in [-0.1, -0.05) is 0 Å². The van der Waals surface area contributed by atoms with Crippen molar-refractivity contribution in [3.05, 3.63) is 36.4 Å². The Morgan fingerprint density at radius 1 is 1.47 bits per heavy atom. The molecule has 19 heavy (non-hydrogen) atoms. The number of amides is 1. The number of fused-ring (bicyclic) bond motifs is 1. The third-order valence-corrected chi connectivity index (χ3v) is 2.71. The van der Waals surface area contributed by atoms with Crippen LogP contribution in [0.3, 0.4) is 0 Å². The summed E-state index contributed by atoms with van der Waals surface area (Å²) in [5.74, 6) is 0.0956. The highest BCUT2D eigenvalue weighted by molar-refractivity contribution is 6.02. The standard InChI is InChI=1S/C12H12N6O/c1-2-18-6-4-9(17-18)11(19)16-12-14-8-3-5-13-7-10(8)15-12/h3-7H,2H2,1H3,(H2,14,15,16,19). The molecule has 3 rings (SSSR count). The quantitative estimate of drug-likeness (QED) is 0.741. The third-order valence-electron chi connectivity index (χ3n) is 2.71. The maximum atomic E-state index is 12.0. The summed E-state index contributed by atoms with van der Waals surface area (Å²) >= 11 is 0. The van der Waals surface area contributed by atoms with E-state index in [0.29, 0.717) is 11.6 Å². The summed E-state index contributed by atoms with van der Waals surface area (Å²) in [6.45, 7) is 2.69. The van der Waals surface area contributed by atoms with Gasteiger partial charge in [-0.2, -0.15) is 5.10 Å². The number of carbonyl (C=O) groups is 1. The Kier molecular flexibility index (Phi) is 2.71. The number of nitrogens with one attached hydrogen (secondary N) is 2. The SMILES string of the molecule is CCn1ccc(C(=O)Nc2nc3ccncc3[nH]2)n1. The van der Waals surface area contributed by atoms with E-state index < -0.39 is 0 Å². The van der Waals surface area contributed by atoms with Gasteiger partial charge in [-0.3, -0.25) is 19.8 Å². The lowest BCUT2D eigenvalue weighted by molar-refractivity contribution is 0.102. The number of nitrogens with zero attached hydrogens (tertiary/aromatic N) is 4. The smallest absolute Gasteiger partial charge is 0.278 e. The lowest BCUT2D eigenvalue weighted by Crippen LogP contribution is -2.14. The summed E-state index contributed by atoms with van der Waals surface area (Å²) in [6.07, 6.45) is 5.07. The Morgan fingerprint density at radius 2 is 2.37 bits per heavy atom. The number of hydrogen-bond acceptors (Lipinski definition) is 4. The molecule has 2 N–H and O–H groups in total. The molecular weight excluding hydrogens is 244 g/mol. The molecule has 0 aliphatic carbocycles. The number of H-pyrrole nitrogens is 1. The number of hydrogen-bond donors (Lipinski definition) is 2. The molecular formula is C12H12N6O. The Hall–Kier alpha value is -2.70. The van der Waals surface area contributed by atoms with E-state index in [9.17, 15) is 4.79 Å². The summed E-state index contributed by atoms with van der Waals surface area (Å²) in [4.78, 5) is 23.2. The van der Waals surface area contributed by atoms with Crippen molar-refractivity contribution in [2.75, 3.05) is 5.32 Å². The molecule has 7 heteroatoms. The monoisotopic (exact) mass is 256 g/mol. The molecule has 0 radical (unpaired) electrons.